The molecular formula is C13H21IO3. The second kappa shape index (κ2) is 9.65. The van der Waals surface area contributed by atoms with Gasteiger partial charge in [-0.25, -0.2) is 0 Å². The van der Waals surface area contributed by atoms with Crippen molar-refractivity contribution in [3.05, 3.63) is 21.8 Å². The highest BCUT2D eigenvalue weighted by molar-refractivity contribution is 14.1. The molecule has 0 bridgehead atoms. The number of aliphatic hydroxyl groups is 1. The maximum atomic E-state index is 10.6. The number of esters is 1. The molecule has 0 heterocycles. The summed E-state index contributed by atoms with van der Waals surface area (Å²) in [6.07, 6.45) is 5.10. The molecule has 0 fully saturated rings. The summed E-state index contributed by atoms with van der Waals surface area (Å²) >= 11 is 2.15. The summed E-state index contributed by atoms with van der Waals surface area (Å²) in [4.78, 5) is 10.6. The first kappa shape index (κ1) is 16.6. The van der Waals surface area contributed by atoms with Gasteiger partial charge < -0.3 is 9.84 Å². The summed E-state index contributed by atoms with van der Waals surface area (Å²) in [7, 11) is 0. The van der Waals surface area contributed by atoms with E-state index >= 15 is 0 Å². The molecule has 4 heteroatoms. The molecule has 3 nitrogen and oxygen atoms in total. The Labute approximate surface area is 117 Å². The van der Waals surface area contributed by atoms with Crippen molar-refractivity contribution < 1.29 is 14.6 Å². The predicted molar refractivity (Wildman–Crippen MR) is 78.0 cm³/mol. The van der Waals surface area contributed by atoms with Crippen molar-refractivity contribution in [2.45, 2.75) is 39.7 Å². The lowest BCUT2D eigenvalue weighted by atomic mass is 9.98. The van der Waals surface area contributed by atoms with Gasteiger partial charge in [0.05, 0.1) is 6.10 Å². The van der Waals surface area contributed by atoms with Crippen LogP contribution in [0.15, 0.2) is 21.8 Å². The van der Waals surface area contributed by atoms with Crippen LogP contribution in [0.2, 0.25) is 0 Å². The number of halogens is 1. The van der Waals surface area contributed by atoms with Crippen LogP contribution in [0.25, 0.3) is 0 Å². The monoisotopic (exact) mass is 352 g/mol. The maximum absolute atomic E-state index is 10.6. The van der Waals surface area contributed by atoms with Crippen LogP contribution in [0.4, 0.5) is 0 Å². The number of rotatable bonds is 7. The van der Waals surface area contributed by atoms with Crippen molar-refractivity contribution in [1.29, 1.82) is 0 Å². The Balaban J connectivity index is 3.89. The molecule has 0 aliphatic carbocycles. The SMILES string of the molecule is CC(=O)OC/C=C(/C)CC[C@@H](O)[C@@H](C)/C=C/I. The first-order valence-corrected chi connectivity index (χ1v) is 6.96. The highest BCUT2D eigenvalue weighted by atomic mass is 127. The van der Waals surface area contributed by atoms with Crippen molar-refractivity contribution in [3.8, 4) is 0 Å². The Morgan fingerprint density at radius 3 is 2.65 bits per heavy atom. The minimum absolute atomic E-state index is 0.174. The number of aliphatic hydroxyl groups excluding tert-OH is 1. The molecule has 17 heavy (non-hydrogen) atoms. The van der Waals surface area contributed by atoms with E-state index in [2.05, 4.69) is 22.6 Å². The molecule has 98 valence electrons. The summed E-state index contributed by atoms with van der Waals surface area (Å²) < 4.78 is 6.74. The van der Waals surface area contributed by atoms with Gasteiger partial charge in [0.1, 0.15) is 6.61 Å². The second-order valence-electron chi connectivity index (χ2n) is 4.14. The van der Waals surface area contributed by atoms with Gasteiger partial charge in [-0.2, -0.15) is 0 Å². The van der Waals surface area contributed by atoms with Crippen molar-refractivity contribution in [2.75, 3.05) is 6.61 Å². The standard InChI is InChI=1S/C13H21IO3/c1-10(7-9-17-12(3)15)4-5-13(16)11(2)6-8-14/h6-8,11,13,16H,4-5,9H2,1-3H3/b8-6+,10-7-/t11-,13+/m0/s1. The van der Waals surface area contributed by atoms with Gasteiger partial charge in [0.25, 0.3) is 0 Å². The fourth-order valence-electron chi connectivity index (χ4n) is 1.28. The third-order valence-corrected chi connectivity index (χ3v) is 2.95. The first-order chi connectivity index (χ1) is 7.97. The van der Waals surface area contributed by atoms with Crippen LogP contribution in [0.5, 0.6) is 0 Å². The Bertz CT molecular complexity index is 284. The molecule has 0 aliphatic heterocycles. The number of carbonyl (C=O) groups is 1. The summed E-state index contributed by atoms with van der Waals surface area (Å²) in [5.41, 5.74) is 1.14. The number of allylic oxidation sites excluding steroid dienone is 1. The zero-order valence-electron chi connectivity index (χ0n) is 10.6. The topological polar surface area (TPSA) is 46.5 Å². The zero-order chi connectivity index (χ0) is 13.3. The van der Waals surface area contributed by atoms with Gasteiger partial charge in [0.15, 0.2) is 0 Å². The van der Waals surface area contributed by atoms with Crippen LogP contribution in [-0.4, -0.2) is 23.8 Å². The lowest BCUT2D eigenvalue weighted by molar-refractivity contribution is -0.139. The number of ether oxygens (including phenoxy) is 1. The van der Waals surface area contributed by atoms with Gasteiger partial charge in [-0.3, -0.25) is 4.79 Å². The number of hydrogen-bond acceptors (Lipinski definition) is 3. The van der Waals surface area contributed by atoms with E-state index < -0.39 is 0 Å². The van der Waals surface area contributed by atoms with Gasteiger partial charge in [-0.1, -0.05) is 41.2 Å². The van der Waals surface area contributed by atoms with E-state index in [-0.39, 0.29) is 18.0 Å². The zero-order valence-corrected chi connectivity index (χ0v) is 12.8. The van der Waals surface area contributed by atoms with E-state index in [1.807, 2.05) is 30.1 Å². The highest BCUT2D eigenvalue weighted by Crippen LogP contribution is 2.15. The molecule has 0 aliphatic rings. The third-order valence-electron chi connectivity index (χ3n) is 2.54. The van der Waals surface area contributed by atoms with Crippen LogP contribution < -0.4 is 0 Å². The molecule has 0 unspecified atom stereocenters. The molecule has 0 radical (unpaired) electrons. The summed E-state index contributed by atoms with van der Waals surface area (Å²) in [5.74, 6) is -0.0944. The highest BCUT2D eigenvalue weighted by Gasteiger charge is 2.10. The largest absolute Gasteiger partial charge is 0.462 e. The van der Waals surface area contributed by atoms with Gasteiger partial charge in [-0.15, -0.1) is 0 Å². The molecular weight excluding hydrogens is 331 g/mol. The van der Waals surface area contributed by atoms with E-state index in [1.165, 1.54) is 6.92 Å². The Morgan fingerprint density at radius 1 is 1.47 bits per heavy atom. The van der Waals surface area contributed by atoms with Crippen LogP contribution >= 0.6 is 22.6 Å². The minimum Gasteiger partial charge on any atom is -0.462 e. The first-order valence-electron chi connectivity index (χ1n) is 5.71. The Morgan fingerprint density at radius 2 is 2.12 bits per heavy atom. The molecule has 0 saturated carbocycles. The fraction of sp³-hybridized carbons (Fsp3) is 0.615. The van der Waals surface area contributed by atoms with E-state index in [9.17, 15) is 9.90 Å². The molecule has 2 atom stereocenters. The Hall–Kier alpha value is -0.360. The molecule has 0 amide bonds. The van der Waals surface area contributed by atoms with Crippen molar-refractivity contribution in [2.24, 2.45) is 5.92 Å². The molecule has 0 saturated heterocycles. The third kappa shape index (κ3) is 9.35. The quantitative estimate of drug-likeness (QED) is 0.435. The molecule has 1 N–H and O–H groups in total. The van der Waals surface area contributed by atoms with E-state index in [0.29, 0.717) is 6.61 Å². The van der Waals surface area contributed by atoms with E-state index in [0.717, 1.165) is 18.4 Å². The van der Waals surface area contributed by atoms with E-state index in [4.69, 9.17) is 4.74 Å². The Kier molecular flexibility index (Phi) is 9.44. The average Bonchev–Trinajstić information content (AvgIpc) is 2.25. The maximum Gasteiger partial charge on any atom is 0.302 e. The molecule has 0 aromatic rings. The second-order valence-corrected chi connectivity index (χ2v) is 4.86. The lowest BCUT2D eigenvalue weighted by Crippen LogP contribution is -2.15. The van der Waals surface area contributed by atoms with Crippen LogP contribution in [0, 0.1) is 5.92 Å². The number of hydrogen-bond donors (Lipinski definition) is 1. The fourth-order valence-corrected chi connectivity index (χ4v) is 1.94. The summed E-state index contributed by atoms with van der Waals surface area (Å²) in [6, 6.07) is 0. The normalized spacial score (nSPS) is 15.9. The smallest absolute Gasteiger partial charge is 0.302 e. The summed E-state index contributed by atoms with van der Waals surface area (Å²) in [6.45, 7) is 5.69. The van der Waals surface area contributed by atoms with Gasteiger partial charge in [0.2, 0.25) is 0 Å². The summed E-state index contributed by atoms with van der Waals surface area (Å²) in [5, 5.41) is 9.84. The molecule has 0 spiro atoms. The van der Waals surface area contributed by atoms with Crippen LogP contribution in [0.1, 0.15) is 33.6 Å². The van der Waals surface area contributed by atoms with Crippen LogP contribution in [-0.2, 0) is 9.53 Å². The minimum atomic E-state index is -0.321. The van der Waals surface area contributed by atoms with E-state index in [1.54, 1.807) is 0 Å². The molecule has 0 rings (SSSR count). The van der Waals surface area contributed by atoms with Crippen molar-refractivity contribution in [3.63, 3.8) is 0 Å². The van der Waals surface area contributed by atoms with Crippen molar-refractivity contribution >= 4 is 28.6 Å². The average molecular weight is 352 g/mol. The van der Waals surface area contributed by atoms with Gasteiger partial charge in [-0.05, 0) is 29.9 Å². The lowest BCUT2D eigenvalue weighted by Gasteiger charge is -2.15. The van der Waals surface area contributed by atoms with Gasteiger partial charge >= 0.3 is 5.97 Å². The number of carbonyl (C=O) groups excluding carboxylic acids is 1. The molecule has 0 aromatic heterocycles. The van der Waals surface area contributed by atoms with Crippen LogP contribution in [0.3, 0.4) is 0 Å². The predicted octanol–water partition coefficient (Wildman–Crippen LogP) is 3.22. The van der Waals surface area contributed by atoms with Crippen molar-refractivity contribution in [1.82, 2.24) is 0 Å². The molecule has 0 aromatic carbocycles. The van der Waals surface area contributed by atoms with Gasteiger partial charge in [0, 0.05) is 12.8 Å².